The molecule has 1 N–H and O–H groups in total. The zero-order valence-electron chi connectivity index (χ0n) is 17.9. The molecule has 4 rings (SSSR count). The van der Waals surface area contributed by atoms with E-state index in [4.69, 9.17) is 14.6 Å². The SMILES string of the molecule is COc1cccc(CC(=O)Oc2ccc3ccn(Cc4ccc(C(=O)O)cc4)c(=O)c3c2)c1. The Hall–Kier alpha value is -4.39. The fraction of sp³-hybridized carbons (Fsp3) is 0.115. The molecule has 0 fully saturated rings. The first kappa shape index (κ1) is 21.8. The second kappa shape index (κ2) is 9.40. The molecule has 0 bridgehead atoms. The van der Waals surface area contributed by atoms with Crippen molar-refractivity contribution in [1.29, 1.82) is 0 Å². The lowest BCUT2D eigenvalue weighted by atomic mass is 10.1. The number of pyridine rings is 1. The highest BCUT2D eigenvalue weighted by Crippen LogP contribution is 2.20. The molecule has 0 amide bonds. The molecule has 0 saturated heterocycles. The van der Waals surface area contributed by atoms with E-state index in [0.29, 0.717) is 11.1 Å². The van der Waals surface area contributed by atoms with Crippen LogP contribution in [-0.2, 0) is 17.8 Å². The highest BCUT2D eigenvalue weighted by Gasteiger charge is 2.11. The van der Waals surface area contributed by atoms with E-state index in [0.717, 1.165) is 16.5 Å². The van der Waals surface area contributed by atoms with Crippen LogP contribution in [0.1, 0.15) is 21.5 Å². The van der Waals surface area contributed by atoms with E-state index in [-0.39, 0.29) is 29.8 Å². The number of carbonyl (C=O) groups excluding carboxylic acids is 1. The zero-order valence-corrected chi connectivity index (χ0v) is 17.9. The minimum absolute atomic E-state index is 0.0700. The fourth-order valence-corrected chi connectivity index (χ4v) is 3.51. The molecule has 0 spiro atoms. The fourth-order valence-electron chi connectivity index (χ4n) is 3.51. The molecule has 0 aliphatic carbocycles. The molecule has 1 aromatic heterocycles. The second-order valence-electron chi connectivity index (χ2n) is 7.50. The van der Waals surface area contributed by atoms with Gasteiger partial charge in [-0.3, -0.25) is 9.59 Å². The van der Waals surface area contributed by atoms with Crippen molar-refractivity contribution in [3.8, 4) is 11.5 Å². The molecule has 33 heavy (non-hydrogen) atoms. The first-order valence-electron chi connectivity index (χ1n) is 10.2. The normalized spacial score (nSPS) is 10.7. The number of aromatic nitrogens is 1. The molecule has 7 nitrogen and oxygen atoms in total. The van der Waals surface area contributed by atoms with Crippen LogP contribution < -0.4 is 15.0 Å². The molecule has 0 unspecified atom stereocenters. The maximum Gasteiger partial charge on any atom is 0.335 e. The van der Waals surface area contributed by atoms with E-state index >= 15 is 0 Å². The van der Waals surface area contributed by atoms with Crippen LogP contribution in [0.15, 0.2) is 83.8 Å². The number of rotatable bonds is 7. The first-order chi connectivity index (χ1) is 15.9. The Kier molecular flexibility index (Phi) is 6.22. The van der Waals surface area contributed by atoms with E-state index in [2.05, 4.69) is 0 Å². The number of hydrogen-bond donors (Lipinski definition) is 1. The summed E-state index contributed by atoms with van der Waals surface area (Å²) in [6.45, 7) is 0.286. The molecule has 3 aromatic carbocycles. The van der Waals surface area contributed by atoms with Crippen LogP contribution in [0.4, 0.5) is 0 Å². The van der Waals surface area contributed by atoms with Crippen molar-refractivity contribution in [3.05, 3.63) is 106 Å². The van der Waals surface area contributed by atoms with E-state index in [1.54, 1.807) is 61.8 Å². The predicted molar refractivity (Wildman–Crippen MR) is 123 cm³/mol. The number of ether oxygens (including phenoxy) is 2. The van der Waals surface area contributed by atoms with Crippen LogP contribution in [0.25, 0.3) is 10.8 Å². The Bertz CT molecular complexity index is 1390. The van der Waals surface area contributed by atoms with Gasteiger partial charge in [0.1, 0.15) is 11.5 Å². The molecule has 4 aromatic rings. The van der Waals surface area contributed by atoms with Gasteiger partial charge in [0.25, 0.3) is 5.56 Å². The Morgan fingerprint density at radius 2 is 1.70 bits per heavy atom. The summed E-state index contributed by atoms with van der Waals surface area (Å²) in [4.78, 5) is 36.4. The number of benzene rings is 3. The number of carbonyl (C=O) groups is 2. The molecule has 166 valence electrons. The number of nitrogens with zero attached hydrogens (tertiary/aromatic N) is 1. The van der Waals surface area contributed by atoms with E-state index in [1.807, 2.05) is 12.1 Å². The number of esters is 1. The minimum Gasteiger partial charge on any atom is -0.497 e. The molecular formula is C26H21NO6. The van der Waals surface area contributed by atoms with Crippen molar-refractivity contribution >= 4 is 22.7 Å². The first-order valence-corrected chi connectivity index (χ1v) is 10.2. The number of carboxylic acids is 1. The molecule has 0 aliphatic heterocycles. The summed E-state index contributed by atoms with van der Waals surface area (Å²) in [6.07, 6.45) is 1.75. The van der Waals surface area contributed by atoms with Gasteiger partial charge in [0, 0.05) is 6.20 Å². The van der Waals surface area contributed by atoms with Gasteiger partial charge >= 0.3 is 11.9 Å². The Morgan fingerprint density at radius 1 is 0.909 bits per heavy atom. The van der Waals surface area contributed by atoms with Gasteiger partial charge in [0.05, 0.1) is 31.0 Å². The van der Waals surface area contributed by atoms with Gasteiger partial charge in [-0.05, 0) is 59.0 Å². The quantitative estimate of drug-likeness (QED) is 0.344. The summed E-state index contributed by atoms with van der Waals surface area (Å²) in [6, 6.07) is 20.3. The lowest BCUT2D eigenvalue weighted by Gasteiger charge is -2.10. The number of aromatic carboxylic acids is 1. The number of fused-ring (bicyclic) bond motifs is 1. The second-order valence-corrected chi connectivity index (χ2v) is 7.50. The van der Waals surface area contributed by atoms with Crippen molar-refractivity contribution in [3.63, 3.8) is 0 Å². The van der Waals surface area contributed by atoms with Crippen LogP contribution >= 0.6 is 0 Å². The van der Waals surface area contributed by atoms with Gasteiger partial charge in [-0.1, -0.05) is 30.3 Å². The average molecular weight is 443 g/mol. The van der Waals surface area contributed by atoms with Gasteiger partial charge in [0.15, 0.2) is 0 Å². The largest absolute Gasteiger partial charge is 0.497 e. The zero-order chi connectivity index (χ0) is 23.4. The number of hydrogen-bond acceptors (Lipinski definition) is 5. The predicted octanol–water partition coefficient (Wildman–Crippen LogP) is 3.90. The lowest BCUT2D eigenvalue weighted by Crippen LogP contribution is -2.20. The third kappa shape index (κ3) is 5.10. The molecule has 0 aliphatic rings. The van der Waals surface area contributed by atoms with E-state index in [1.165, 1.54) is 16.7 Å². The Morgan fingerprint density at radius 3 is 2.42 bits per heavy atom. The van der Waals surface area contributed by atoms with Crippen LogP contribution in [0.3, 0.4) is 0 Å². The van der Waals surface area contributed by atoms with Crippen LogP contribution in [0.2, 0.25) is 0 Å². The Labute approximate surface area is 189 Å². The van der Waals surface area contributed by atoms with Gasteiger partial charge in [-0.2, -0.15) is 0 Å². The smallest absolute Gasteiger partial charge is 0.335 e. The standard InChI is InChI=1S/C26H21NO6/c1-32-21-4-2-3-18(13-21)14-24(28)33-22-10-9-19-11-12-27(25(29)23(19)15-22)16-17-5-7-20(8-6-17)26(30)31/h2-13,15H,14,16H2,1H3,(H,30,31). The number of methoxy groups -OCH3 is 1. The van der Waals surface area contributed by atoms with Crippen molar-refractivity contribution in [1.82, 2.24) is 4.57 Å². The van der Waals surface area contributed by atoms with Crippen molar-refractivity contribution in [2.45, 2.75) is 13.0 Å². The topological polar surface area (TPSA) is 94.8 Å². The van der Waals surface area contributed by atoms with Crippen LogP contribution in [-0.4, -0.2) is 28.7 Å². The summed E-state index contributed by atoms with van der Waals surface area (Å²) in [5.41, 5.74) is 1.50. The summed E-state index contributed by atoms with van der Waals surface area (Å²) in [5.74, 6) is -0.504. The molecule has 7 heteroatoms. The van der Waals surface area contributed by atoms with Gasteiger partial charge in [-0.15, -0.1) is 0 Å². The molecule has 0 saturated carbocycles. The van der Waals surface area contributed by atoms with E-state index < -0.39 is 11.9 Å². The summed E-state index contributed by atoms with van der Waals surface area (Å²) in [5, 5.41) is 10.2. The van der Waals surface area contributed by atoms with Gasteiger partial charge in [-0.25, -0.2) is 4.79 Å². The summed E-state index contributed by atoms with van der Waals surface area (Å²) < 4.78 is 12.2. The maximum atomic E-state index is 13.0. The minimum atomic E-state index is -1.00. The van der Waals surface area contributed by atoms with Crippen molar-refractivity contribution in [2.24, 2.45) is 0 Å². The number of carboxylic acid groups (broad SMARTS) is 1. The van der Waals surface area contributed by atoms with Crippen LogP contribution in [0.5, 0.6) is 11.5 Å². The van der Waals surface area contributed by atoms with Gasteiger partial charge < -0.3 is 19.1 Å². The molecule has 0 atom stereocenters. The maximum absolute atomic E-state index is 13.0. The summed E-state index contributed by atoms with van der Waals surface area (Å²) in [7, 11) is 1.56. The third-order valence-corrected chi connectivity index (χ3v) is 5.22. The van der Waals surface area contributed by atoms with Crippen molar-refractivity contribution < 1.29 is 24.2 Å². The molecular weight excluding hydrogens is 422 g/mol. The Balaban J connectivity index is 1.53. The van der Waals surface area contributed by atoms with Crippen LogP contribution in [0, 0.1) is 0 Å². The monoisotopic (exact) mass is 443 g/mol. The average Bonchev–Trinajstić information content (AvgIpc) is 2.81. The molecule has 1 heterocycles. The highest BCUT2D eigenvalue weighted by molar-refractivity contribution is 5.87. The van der Waals surface area contributed by atoms with Gasteiger partial charge in [0.2, 0.25) is 0 Å². The highest BCUT2D eigenvalue weighted by atomic mass is 16.5. The van der Waals surface area contributed by atoms with E-state index in [9.17, 15) is 14.4 Å². The molecule has 0 radical (unpaired) electrons. The lowest BCUT2D eigenvalue weighted by molar-refractivity contribution is -0.133. The summed E-state index contributed by atoms with van der Waals surface area (Å²) >= 11 is 0. The third-order valence-electron chi connectivity index (χ3n) is 5.22. The van der Waals surface area contributed by atoms with Crippen molar-refractivity contribution in [2.75, 3.05) is 7.11 Å².